The van der Waals surface area contributed by atoms with E-state index in [1.807, 2.05) is 28.9 Å². The molecule has 0 aliphatic rings. The maximum atomic E-state index is 9.76. The third kappa shape index (κ3) is 3.81. The number of aromatic nitrogens is 2. The molecule has 1 heterocycles. The summed E-state index contributed by atoms with van der Waals surface area (Å²) in [5, 5.41) is 24.5. The smallest absolute Gasteiger partial charge is 0.115 e. The van der Waals surface area contributed by atoms with Gasteiger partial charge in [0.1, 0.15) is 11.5 Å². The second-order valence-electron chi connectivity index (χ2n) is 7.45. The van der Waals surface area contributed by atoms with Crippen LogP contribution in [0, 0.1) is 0 Å². The minimum atomic E-state index is 0.238. The molecule has 0 aliphatic carbocycles. The van der Waals surface area contributed by atoms with Gasteiger partial charge in [-0.25, -0.2) is 4.68 Å². The largest absolute Gasteiger partial charge is 0.508 e. The number of aromatic hydroxyl groups is 2. The van der Waals surface area contributed by atoms with Gasteiger partial charge in [0.25, 0.3) is 0 Å². The fourth-order valence-corrected chi connectivity index (χ4v) is 3.83. The number of nitrogens with zero attached hydrogens (tertiary/aromatic N) is 2. The van der Waals surface area contributed by atoms with Crippen molar-refractivity contribution in [3.8, 4) is 39.7 Å². The third-order valence-electron chi connectivity index (χ3n) is 5.34. The molecule has 0 bridgehead atoms. The average molecular weight is 399 g/mol. The van der Waals surface area contributed by atoms with Crippen molar-refractivity contribution >= 4 is 0 Å². The molecule has 4 aromatic rings. The molecule has 2 N–H and O–H groups in total. The number of hydrogen-bond donors (Lipinski definition) is 2. The first-order chi connectivity index (χ1) is 14.6. The lowest BCUT2D eigenvalue weighted by molar-refractivity contribution is 0.475. The summed E-state index contributed by atoms with van der Waals surface area (Å²) in [5.41, 5.74) is 7.32. The van der Waals surface area contributed by atoms with Crippen LogP contribution in [0.15, 0.2) is 72.8 Å². The molecular weight excluding hydrogens is 372 g/mol. The molecule has 0 amide bonds. The van der Waals surface area contributed by atoms with Crippen molar-refractivity contribution in [3.63, 3.8) is 0 Å². The van der Waals surface area contributed by atoms with E-state index in [2.05, 4.69) is 38.1 Å². The first-order valence-corrected chi connectivity index (χ1v) is 10.4. The molecule has 0 aliphatic heterocycles. The van der Waals surface area contributed by atoms with Gasteiger partial charge in [-0.3, -0.25) is 0 Å². The van der Waals surface area contributed by atoms with Crippen LogP contribution in [-0.2, 0) is 12.8 Å². The highest BCUT2D eigenvalue weighted by atomic mass is 16.3. The number of hydrogen-bond acceptors (Lipinski definition) is 3. The number of aryl methyl sites for hydroxylation is 1. The molecule has 3 aromatic carbocycles. The molecule has 0 saturated heterocycles. The van der Waals surface area contributed by atoms with E-state index >= 15 is 0 Å². The van der Waals surface area contributed by atoms with Crippen molar-refractivity contribution in [1.29, 1.82) is 0 Å². The molecule has 0 unspecified atom stereocenters. The highest BCUT2D eigenvalue weighted by Gasteiger charge is 2.20. The SMILES string of the molecule is CCCc1ccc(-n2nc(-c3ccc(O)cc3)c(CC)c2-c2ccc(O)cc2)cc1. The molecule has 0 fully saturated rings. The minimum absolute atomic E-state index is 0.238. The number of phenols is 2. The van der Waals surface area contributed by atoms with Crippen LogP contribution in [0.3, 0.4) is 0 Å². The lowest BCUT2D eigenvalue weighted by atomic mass is 9.99. The lowest BCUT2D eigenvalue weighted by Gasteiger charge is -2.10. The Kier molecular flexibility index (Phi) is 5.57. The van der Waals surface area contributed by atoms with Gasteiger partial charge < -0.3 is 10.2 Å². The zero-order valence-electron chi connectivity index (χ0n) is 17.3. The standard InChI is InChI=1S/C26H26N2O2/c1-3-5-18-6-12-21(13-7-18)28-26(20-10-16-23(30)17-11-20)24(4-2)25(27-28)19-8-14-22(29)15-9-19/h6-17,29-30H,3-5H2,1-2H3. The summed E-state index contributed by atoms with van der Waals surface area (Å²) in [6.45, 7) is 4.31. The van der Waals surface area contributed by atoms with E-state index in [4.69, 9.17) is 5.10 Å². The van der Waals surface area contributed by atoms with Crippen molar-refractivity contribution < 1.29 is 10.2 Å². The number of benzene rings is 3. The zero-order chi connectivity index (χ0) is 21.1. The van der Waals surface area contributed by atoms with Crippen LogP contribution >= 0.6 is 0 Å². The summed E-state index contributed by atoms with van der Waals surface area (Å²) in [7, 11) is 0. The van der Waals surface area contributed by atoms with E-state index in [1.54, 1.807) is 24.3 Å². The van der Waals surface area contributed by atoms with Crippen molar-refractivity contribution in [2.75, 3.05) is 0 Å². The highest BCUT2D eigenvalue weighted by Crippen LogP contribution is 2.35. The van der Waals surface area contributed by atoms with Gasteiger partial charge in [0.05, 0.1) is 17.1 Å². The van der Waals surface area contributed by atoms with Gasteiger partial charge >= 0.3 is 0 Å². The van der Waals surface area contributed by atoms with Crippen LogP contribution in [0.2, 0.25) is 0 Å². The summed E-state index contributed by atoms with van der Waals surface area (Å²) in [4.78, 5) is 0. The Morgan fingerprint density at radius 2 is 1.30 bits per heavy atom. The molecule has 4 heteroatoms. The lowest BCUT2D eigenvalue weighted by Crippen LogP contribution is -2.00. The summed E-state index contributed by atoms with van der Waals surface area (Å²) >= 11 is 0. The Labute approximate surface area is 177 Å². The Morgan fingerprint density at radius 3 is 1.83 bits per heavy atom. The molecule has 1 aromatic heterocycles. The van der Waals surface area contributed by atoms with Crippen molar-refractivity contribution in [1.82, 2.24) is 9.78 Å². The summed E-state index contributed by atoms with van der Waals surface area (Å²) in [6, 6.07) is 23.0. The first-order valence-electron chi connectivity index (χ1n) is 10.4. The predicted molar refractivity (Wildman–Crippen MR) is 121 cm³/mol. The first kappa shape index (κ1) is 19.8. The Hall–Kier alpha value is -3.53. The van der Waals surface area contributed by atoms with E-state index in [-0.39, 0.29) is 11.5 Å². The highest BCUT2D eigenvalue weighted by molar-refractivity contribution is 5.76. The second-order valence-corrected chi connectivity index (χ2v) is 7.45. The summed E-state index contributed by atoms with van der Waals surface area (Å²) in [6.07, 6.45) is 2.98. The van der Waals surface area contributed by atoms with Crippen LogP contribution in [0.25, 0.3) is 28.2 Å². The number of rotatable bonds is 6. The van der Waals surface area contributed by atoms with Gasteiger partial charge in [0.15, 0.2) is 0 Å². The van der Waals surface area contributed by atoms with E-state index in [9.17, 15) is 10.2 Å². The molecule has 0 saturated carbocycles. The predicted octanol–water partition coefficient (Wildman–Crippen LogP) is 6.13. The maximum Gasteiger partial charge on any atom is 0.115 e. The van der Waals surface area contributed by atoms with Crippen LogP contribution in [0.5, 0.6) is 11.5 Å². The van der Waals surface area contributed by atoms with Crippen molar-refractivity contribution in [3.05, 3.63) is 83.9 Å². The van der Waals surface area contributed by atoms with Crippen LogP contribution < -0.4 is 0 Å². The summed E-state index contributed by atoms with van der Waals surface area (Å²) < 4.78 is 1.99. The van der Waals surface area contributed by atoms with Gasteiger partial charge in [-0.15, -0.1) is 0 Å². The van der Waals surface area contributed by atoms with Gasteiger partial charge in [-0.1, -0.05) is 32.4 Å². The Bertz CT molecular complexity index is 1130. The van der Waals surface area contributed by atoms with Gasteiger partial charge in [0.2, 0.25) is 0 Å². The topological polar surface area (TPSA) is 58.3 Å². The van der Waals surface area contributed by atoms with E-state index < -0.39 is 0 Å². The molecule has 0 spiro atoms. The molecule has 4 rings (SSSR count). The van der Waals surface area contributed by atoms with Gasteiger partial charge in [0, 0.05) is 16.7 Å². The maximum absolute atomic E-state index is 9.76. The monoisotopic (exact) mass is 398 g/mol. The van der Waals surface area contributed by atoms with Crippen molar-refractivity contribution in [2.24, 2.45) is 0 Å². The molecular formula is C26H26N2O2. The fourth-order valence-electron chi connectivity index (χ4n) is 3.83. The Morgan fingerprint density at radius 1 is 0.733 bits per heavy atom. The van der Waals surface area contributed by atoms with E-state index in [0.29, 0.717) is 0 Å². The second kappa shape index (κ2) is 8.46. The van der Waals surface area contributed by atoms with Gasteiger partial charge in [-0.05, 0) is 79.1 Å². The van der Waals surface area contributed by atoms with Crippen LogP contribution in [-0.4, -0.2) is 20.0 Å². The normalized spacial score (nSPS) is 11.0. The molecule has 0 atom stereocenters. The minimum Gasteiger partial charge on any atom is -0.508 e. The van der Waals surface area contributed by atoms with Crippen LogP contribution in [0.4, 0.5) is 0 Å². The molecule has 4 nitrogen and oxygen atoms in total. The third-order valence-corrected chi connectivity index (χ3v) is 5.34. The average Bonchev–Trinajstić information content (AvgIpc) is 3.15. The van der Waals surface area contributed by atoms with E-state index in [0.717, 1.165) is 53.0 Å². The van der Waals surface area contributed by atoms with Crippen molar-refractivity contribution in [2.45, 2.75) is 33.1 Å². The Balaban J connectivity index is 1.92. The van der Waals surface area contributed by atoms with E-state index in [1.165, 1.54) is 5.56 Å². The molecule has 152 valence electrons. The quantitative estimate of drug-likeness (QED) is 0.411. The van der Waals surface area contributed by atoms with Gasteiger partial charge in [-0.2, -0.15) is 5.10 Å². The molecule has 0 radical (unpaired) electrons. The zero-order valence-corrected chi connectivity index (χ0v) is 17.3. The van der Waals surface area contributed by atoms with Crippen LogP contribution in [0.1, 0.15) is 31.4 Å². The number of phenolic OH excluding ortho intramolecular Hbond substituents is 2. The fraction of sp³-hybridized carbons (Fsp3) is 0.192. The molecule has 30 heavy (non-hydrogen) atoms. The summed E-state index contributed by atoms with van der Waals surface area (Å²) in [5.74, 6) is 0.479.